The quantitative estimate of drug-likeness (QED) is 0.408. The molecule has 0 aliphatic carbocycles. The summed E-state index contributed by atoms with van der Waals surface area (Å²) in [5.41, 5.74) is -0.00129. The zero-order valence-corrected chi connectivity index (χ0v) is 11.6. The Hall–Kier alpha value is -0.0635. The molecule has 0 saturated heterocycles. The maximum atomic E-state index is 4.29. The van der Waals surface area contributed by atoms with E-state index in [9.17, 15) is 0 Å². The standard InChI is InChI=1S/C11H24N3.Co/c1-6-14(7-2)9-8-12-10-13-11(3,4)5;/h10H,6-9H2,1-5H3;/q-1;. The Morgan fingerprint density at radius 2 is 1.73 bits per heavy atom. The van der Waals surface area contributed by atoms with Crippen LogP contribution in [0.5, 0.6) is 0 Å². The normalized spacial score (nSPS) is 11.9. The first-order chi connectivity index (χ1) is 6.49. The van der Waals surface area contributed by atoms with E-state index in [1.165, 1.54) is 0 Å². The van der Waals surface area contributed by atoms with Crippen molar-refractivity contribution >= 4 is 6.34 Å². The molecule has 0 fully saturated rings. The molecule has 0 aromatic heterocycles. The minimum atomic E-state index is -0.00129. The van der Waals surface area contributed by atoms with Gasteiger partial charge in [-0.25, -0.2) is 0 Å². The summed E-state index contributed by atoms with van der Waals surface area (Å²) in [6.07, 6.45) is 1.70. The van der Waals surface area contributed by atoms with Gasteiger partial charge in [0.25, 0.3) is 0 Å². The molecule has 0 aliphatic heterocycles. The van der Waals surface area contributed by atoms with Crippen molar-refractivity contribution in [3.05, 3.63) is 5.32 Å². The molecule has 4 heteroatoms. The Bertz CT molecular complexity index is 160. The Labute approximate surface area is 105 Å². The second kappa shape index (κ2) is 9.18. The van der Waals surface area contributed by atoms with E-state index in [0.717, 1.165) is 26.2 Å². The molecule has 0 heterocycles. The first kappa shape index (κ1) is 17.3. The molecule has 0 amide bonds. The van der Waals surface area contributed by atoms with E-state index in [4.69, 9.17) is 0 Å². The second-order valence-electron chi connectivity index (χ2n) is 4.35. The fourth-order valence-electron chi connectivity index (χ4n) is 1.01. The van der Waals surface area contributed by atoms with Crippen LogP contribution in [0.3, 0.4) is 0 Å². The zero-order valence-electron chi connectivity index (χ0n) is 10.6. The van der Waals surface area contributed by atoms with Crippen LogP contribution in [0.2, 0.25) is 0 Å². The van der Waals surface area contributed by atoms with Gasteiger partial charge < -0.3 is 15.2 Å². The molecule has 0 saturated carbocycles. The van der Waals surface area contributed by atoms with Gasteiger partial charge in [-0.2, -0.15) is 0 Å². The molecule has 1 radical (unpaired) electrons. The molecule has 3 nitrogen and oxygen atoms in total. The van der Waals surface area contributed by atoms with Gasteiger partial charge in [-0.1, -0.05) is 34.6 Å². The number of rotatable bonds is 6. The summed E-state index contributed by atoms with van der Waals surface area (Å²) >= 11 is 0. The summed E-state index contributed by atoms with van der Waals surface area (Å²) in [6.45, 7) is 14.6. The summed E-state index contributed by atoms with van der Waals surface area (Å²) < 4.78 is 0. The van der Waals surface area contributed by atoms with E-state index >= 15 is 0 Å². The second-order valence-corrected chi connectivity index (χ2v) is 4.35. The van der Waals surface area contributed by atoms with Crippen molar-refractivity contribution in [1.29, 1.82) is 0 Å². The molecule has 0 spiro atoms. The monoisotopic (exact) mass is 257 g/mol. The Balaban J connectivity index is 0. The van der Waals surface area contributed by atoms with Crippen molar-refractivity contribution in [3.63, 3.8) is 0 Å². The van der Waals surface area contributed by atoms with E-state index < -0.39 is 0 Å². The summed E-state index contributed by atoms with van der Waals surface area (Å²) in [5, 5.41) is 4.26. The largest absolute Gasteiger partial charge is 0.471 e. The number of hydrogen-bond donors (Lipinski definition) is 0. The third-order valence-electron chi connectivity index (χ3n) is 1.97. The maximum Gasteiger partial charge on any atom is 0 e. The molecule has 0 aliphatic rings. The Kier molecular flexibility index (Phi) is 10.6. The van der Waals surface area contributed by atoms with Gasteiger partial charge in [0.05, 0.1) is 0 Å². The number of hydrogen-bond acceptors (Lipinski definition) is 2. The SMILES string of the molecule is CCN(CC)CC[N-]C=NC(C)(C)C.[Co]. The average Bonchev–Trinajstić information content (AvgIpc) is 2.09. The van der Waals surface area contributed by atoms with E-state index in [1.54, 1.807) is 6.34 Å². The van der Waals surface area contributed by atoms with Gasteiger partial charge in [0, 0.05) is 16.8 Å². The van der Waals surface area contributed by atoms with Crippen LogP contribution in [0.25, 0.3) is 5.32 Å². The van der Waals surface area contributed by atoms with Crippen LogP contribution >= 0.6 is 0 Å². The van der Waals surface area contributed by atoms with E-state index in [2.05, 4.69) is 49.8 Å². The summed E-state index contributed by atoms with van der Waals surface area (Å²) in [4.78, 5) is 6.65. The summed E-state index contributed by atoms with van der Waals surface area (Å²) in [5.74, 6) is 0. The topological polar surface area (TPSA) is 29.7 Å². The predicted octanol–water partition coefficient (Wildman–Crippen LogP) is 2.53. The molecule has 0 unspecified atom stereocenters. The molecule has 0 bridgehead atoms. The molecule has 0 aromatic rings. The van der Waals surface area contributed by atoms with Gasteiger partial charge >= 0.3 is 0 Å². The first-order valence-electron chi connectivity index (χ1n) is 5.42. The Morgan fingerprint density at radius 3 is 2.13 bits per heavy atom. The molecule has 0 N–H and O–H groups in total. The predicted molar refractivity (Wildman–Crippen MR) is 64.3 cm³/mol. The molecule has 0 aromatic carbocycles. The average molecular weight is 257 g/mol. The molecule has 15 heavy (non-hydrogen) atoms. The minimum absolute atomic E-state index is 0. The van der Waals surface area contributed by atoms with Crippen molar-refractivity contribution in [1.82, 2.24) is 4.90 Å². The van der Waals surface area contributed by atoms with Crippen LogP contribution in [0.1, 0.15) is 34.6 Å². The van der Waals surface area contributed by atoms with Crippen LogP contribution < -0.4 is 0 Å². The molecule has 0 rings (SSSR count). The molecular formula is C11H24CoN3-. The summed E-state index contributed by atoms with van der Waals surface area (Å²) in [6, 6.07) is 0. The zero-order chi connectivity index (χ0) is 11.0. The van der Waals surface area contributed by atoms with E-state index in [1.807, 2.05) is 0 Å². The third kappa shape index (κ3) is 11.9. The Morgan fingerprint density at radius 1 is 1.20 bits per heavy atom. The van der Waals surface area contributed by atoms with Crippen molar-refractivity contribution < 1.29 is 16.8 Å². The first-order valence-corrected chi connectivity index (χ1v) is 5.42. The molecule has 0 atom stereocenters. The van der Waals surface area contributed by atoms with Crippen molar-refractivity contribution in [2.45, 2.75) is 40.2 Å². The smallest absolute Gasteiger partial charge is 0 e. The van der Waals surface area contributed by atoms with Gasteiger partial charge in [-0.15, -0.1) is 6.34 Å². The third-order valence-corrected chi connectivity index (χ3v) is 1.97. The fourth-order valence-corrected chi connectivity index (χ4v) is 1.01. The van der Waals surface area contributed by atoms with Crippen LogP contribution in [0.15, 0.2) is 4.99 Å². The van der Waals surface area contributed by atoms with Gasteiger partial charge in [0.2, 0.25) is 0 Å². The van der Waals surface area contributed by atoms with Gasteiger partial charge in [-0.05, 0) is 31.7 Å². The fraction of sp³-hybridized carbons (Fsp3) is 0.909. The van der Waals surface area contributed by atoms with E-state index in [0.29, 0.717) is 0 Å². The molecule has 93 valence electrons. The van der Waals surface area contributed by atoms with Crippen LogP contribution in [0, 0.1) is 0 Å². The maximum absolute atomic E-state index is 4.29. The van der Waals surface area contributed by atoms with Crippen LogP contribution in [-0.2, 0) is 16.8 Å². The van der Waals surface area contributed by atoms with Gasteiger partial charge in [-0.3, -0.25) is 0 Å². The van der Waals surface area contributed by atoms with Gasteiger partial charge in [0.15, 0.2) is 0 Å². The van der Waals surface area contributed by atoms with Crippen LogP contribution in [0.4, 0.5) is 0 Å². The number of nitrogens with zero attached hydrogens (tertiary/aromatic N) is 3. The van der Waals surface area contributed by atoms with Gasteiger partial charge in [0.1, 0.15) is 0 Å². The van der Waals surface area contributed by atoms with Crippen molar-refractivity contribution in [2.75, 3.05) is 26.2 Å². The minimum Gasteiger partial charge on any atom is -0.471 e. The summed E-state index contributed by atoms with van der Waals surface area (Å²) in [7, 11) is 0. The molecular weight excluding hydrogens is 233 g/mol. The van der Waals surface area contributed by atoms with E-state index in [-0.39, 0.29) is 22.3 Å². The number of likely N-dealkylation sites (N-methyl/N-ethyl adjacent to an activating group) is 1. The van der Waals surface area contributed by atoms with Crippen molar-refractivity contribution in [2.24, 2.45) is 4.99 Å². The van der Waals surface area contributed by atoms with Crippen molar-refractivity contribution in [3.8, 4) is 0 Å². The number of aliphatic imine (C=N–C) groups is 1. The van der Waals surface area contributed by atoms with Crippen LogP contribution in [-0.4, -0.2) is 43.0 Å².